The van der Waals surface area contributed by atoms with E-state index in [4.69, 9.17) is 5.11 Å². The van der Waals surface area contributed by atoms with Crippen molar-refractivity contribution in [2.75, 3.05) is 13.6 Å². The van der Waals surface area contributed by atoms with Crippen LogP contribution in [0.2, 0.25) is 0 Å². The highest BCUT2D eigenvalue weighted by molar-refractivity contribution is 5.75. The molecule has 2 amide bonds. The monoisotopic (exact) mass is 265 g/mol. The van der Waals surface area contributed by atoms with Crippen molar-refractivity contribution in [3.63, 3.8) is 0 Å². The van der Waals surface area contributed by atoms with Crippen LogP contribution in [-0.2, 0) is 11.3 Å². The van der Waals surface area contributed by atoms with Crippen molar-refractivity contribution < 1.29 is 14.7 Å². The summed E-state index contributed by atoms with van der Waals surface area (Å²) < 4.78 is 0. The van der Waals surface area contributed by atoms with Crippen LogP contribution in [0.4, 0.5) is 4.79 Å². The fourth-order valence-electron chi connectivity index (χ4n) is 1.56. The molecule has 2 N–H and O–H groups in total. The van der Waals surface area contributed by atoms with Crippen LogP contribution in [0.3, 0.4) is 0 Å². The van der Waals surface area contributed by atoms with Gasteiger partial charge in [0.05, 0.1) is 18.2 Å². The van der Waals surface area contributed by atoms with E-state index in [0.29, 0.717) is 13.0 Å². The number of hydrogen-bond donors (Lipinski definition) is 2. The molecular formula is C13H19N3O3. The smallest absolute Gasteiger partial charge is 0.317 e. The van der Waals surface area contributed by atoms with E-state index in [1.807, 2.05) is 18.2 Å². The third-order valence-corrected chi connectivity index (χ3v) is 2.81. The average Bonchev–Trinajstić information content (AvgIpc) is 2.39. The number of aromatic nitrogens is 1. The third kappa shape index (κ3) is 4.95. The first-order valence-electron chi connectivity index (χ1n) is 6.16. The number of amides is 2. The number of nitrogens with zero attached hydrogens (tertiary/aromatic N) is 2. The number of urea groups is 1. The van der Waals surface area contributed by atoms with Gasteiger partial charge in [-0.05, 0) is 18.6 Å². The molecule has 19 heavy (non-hydrogen) atoms. The largest absolute Gasteiger partial charge is 0.481 e. The molecule has 0 bridgehead atoms. The minimum absolute atomic E-state index is 0.136. The highest BCUT2D eigenvalue weighted by Gasteiger charge is 2.17. The summed E-state index contributed by atoms with van der Waals surface area (Å²) >= 11 is 0. The number of carbonyl (C=O) groups is 2. The molecule has 104 valence electrons. The van der Waals surface area contributed by atoms with Gasteiger partial charge in [-0.1, -0.05) is 13.0 Å². The van der Waals surface area contributed by atoms with E-state index < -0.39 is 11.9 Å². The van der Waals surface area contributed by atoms with Crippen molar-refractivity contribution in [2.45, 2.75) is 19.9 Å². The summed E-state index contributed by atoms with van der Waals surface area (Å²) in [5.41, 5.74) is 0.783. The Balaban J connectivity index is 2.43. The first kappa shape index (κ1) is 14.9. The Bertz CT molecular complexity index is 422. The van der Waals surface area contributed by atoms with E-state index >= 15 is 0 Å². The van der Waals surface area contributed by atoms with Crippen LogP contribution < -0.4 is 5.32 Å². The Morgan fingerprint density at radius 3 is 2.74 bits per heavy atom. The van der Waals surface area contributed by atoms with Gasteiger partial charge in [0.1, 0.15) is 0 Å². The minimum atomic E-state index is -0.893. The molecule has 0 saturated heterocycles. The Morgan fingerprint density at radius 1 is 1.47 bits per heavy atom. The molecule has 0 saturated carbocycles. The van der Waals surface area contributed by atoms with Crippen LogP contribution >= 0.6 is 0 Å². The number of rotatable bonds is 6. The first-order chi connectivity index (χ1) is 9.04. The lowest BCUT2D eigenvalue weighted by molar-refractivity contribution is -0.141. The van der Waals surface area contributed by atoms with Gasteiger partial charge in [-0.2, -0.15) is 0 Å². The number of aliphatic carboxylic acids is 1. The Hall–Kier alpha value is -2.11. The minimum Gasteiger partial charge on any atom is -0.481 e. The highest BCUT2D eigenvalue weighted by Crippen LogP contribution is 2.02. The van der Waals surface area contributed by atoms with Crippen molar-refractivity contribution in [3.8, 4) is 0 Å². The molecular weight excluding hydrogens is 246 g/mol. The second kappa shape index (κ2) is 7.35. The Morgan fingerprint density at radius 2 is 2.21 bits per heavy atom. The van der Waals surface area contributed by atoms with Crippen molar-refractivity contribution >= 4 is 12.0 Å². The molecule has 6 nitrogen and oxygen atoms in total. The summed E-state index contributed by atoms with van der Waals surface area (Å²) in [6.45, 7) is 2.30. The van der Waals surface area contributed by atoms with Crippen LogP contribution in [0, 0.1) is 5.92 Å². The summed E-state index contributed by atoms with van der Waals surface area (Å²) in [6.07, 6.45) is 2.15. The molecule has 1 aromatic heterocycles. The molecule has 1 unspecified atom stereocenters. The fraction of sp³-hybridized carbons (Fsp3) is 0.462. The van der Waals surface area contributed by atoms with E-state index in [1.165, 1.54) is 4.90 Å². The molecule has 1 heterocycles. The van der Waals surface area contributed by atoms with Crippen LogP contribution in [0.15, 0.2) is 24.4 Å². The van der Waals surface area contributed by atoms with Gasteiger partial charge >= 0.3 is 12.0 Å². The number of carbonyl (C=O) groups excluding carboxylic acids is 1. The topological polar surface area (TPSA) is 82.5 Å². The third-order valence-electron chi connectivity index (χ3n) is 2.81. The molecule has 0 fully saturated rings. The summed E-state index contributed by atoms with van der Waals surface area (Å²) in [5, 5.41) is 11.5. The van der Waals surface area contributed by atoms with Gasteiger partial charge in [0.15, 0.2) is 0 Å². The maximum absolute atomic E-state index is 11.8. The van der Waals surface area contributed by atoms with Crippen molar-refractivity contribution in [2.24, 2.45) is 5.92 Å². The van der Waals surface area contributed by atoms with E-state index in [-0.39, 0.29) is 12.6 Å². The lowest BCUT2D eigenvalue weighted by atomic mass is 10.1. The van der Waals surface area contributed by atoms with Gasteiger partial charge < -0.3 is 15.3 Å². The molecule has 6 heteroatoms. The lowest BCUT2D eigenvalue weighted by Gasteiger charge is -2.19. The highest BCUT2D eigenvalue weighted by atomic mass is 16.4. The standard InChI is InChI=1S/C13H19N3O3/c1-3-10(12(17)18)8-15-13(19)16(2)9-11-6-4-5-7-14-11/h4-7,10H,3,8-9H2,1-2H3,(H,15,19)(H,17,18). The normalized spacial score (nSPS) is 11.7. The molecule has 0 aliphatic rings. The Kier molecular flexibility index (Phi) is 5.78. The van der Waals surface area contributed by atoms with E-state index in [2.05, 4.69) is 10.3 Å². The number of carboxylic acid groups (broad SMARTS) is 1. The maximum Gasteiger partial charge on any atom is 0.317 e. The first-order valence-corrected chi connectivity index (χ1v) is 6.16. The molecule has 1 aromatic rings. The molecule has 1 rings (SSSR count). The summed E-state index contributed by atoms with van der Waals surface area (Å²) in [7, 11) is 1.64. The SMILES string of the molecule is CCC(CNC(=O)N(C)Cc1ccccn1)C(=O)O. The van der Waals surface area contributed by atoms with Gasteiger partial charge in [-0.3, -0.25) is 9.78 Å². The van der Waals surface area contributed by atoms with Crippen LogP contribution in [0.25, 0.3) is 0 Å². The predicted octanol–water partition coefficient (Wildman–Crippen LogP) is 1.33. The van der Waals surface area contributed by atoms with E-state index in [1.54, 1.807) is 20.2 Å². The Labute approximate surface area is 112 Å². The zero-order chi connectivity index (χ0) is 14.3. The van der Waals surface area contributed by atoms with Crippen LogP contribution in [0.1, 0.15) is 19.0 Å². The number of nitrogens with one attached hydrogen (secondary N) is 1. The fourth-order valence-corrected chi connectivity index (χ4v) is 1.56. The van der Waals surface area contributed by atoms with Gasteiger partial charge in [-0.15, -0.1) is 0 Å². The summed E-state index contributed by atoms with van der Waals surface area (Å²) in [5.74, 6) is -1.44. The van der Waals surface area contributed by atoms with Crippen LogP contribution in [0.5, 0.6) is 0 Å². The molecule has 0 aliphatic carbocycles. The number of pyridine rings is 1. The molecule has 0 spiro atoms. The molecule has 0 radical (unpaired) electrons. The quantitative estimate of drug-likeness (QED) is 0.813. The molecule has 0 aliphatic heterocycles. The summed E-state index contributed by atoms with van der Waals surface area (Å²) in [6, 6.07) is 5.19. The van der Waals surface area contributed by atoms with E-state index in [9.17, 15) is 9.59 Å². The van der Waals surface area contributed by atoms with Gasteiger partial charge in [-0.25, -0.2) is 4.79 Å². The van der Waals surface area contributed by atoms with Crippen LogP contribution in [-0.4, -0.2) is 40.6 Å². The average molecular weight is 265 g/mol. The lowest BCUT2D eigenvalue weighted by Crippen LogP contribution is -2.40. The van der Waals surface area contributed by atoms with Gasteiger partial charge in [0.2, 0.25) is 0 Å². The predicted molar refractivity (Wildman–Crippen MR) is 70.5 cm³/mol. The zero-order valence-corrected chi connectivity index (χ0v) is 11.2. The van der Waals surface area contributed by atoms with Gasteiger partial charge in [0, 0.05) is 19.8 Å². The van der Waals surface area contributed by atoms with Crippen molar-refractivity contribution in [1.29, 1.82) is 0 Å². The van der Waals surface area contributed by atoms with Gasteiger partial charge in [0.25, 0.3) is 0 Å². The van der Waals surface area contributed by atoms with Crippen molar-refractivity contribution in [3.05, 3.63) is 30.1 Å². The summed E-state index contributed by atoms with van der Waals surface area (Å²) in [4.78, 5) is 28.2. The second-order valence-corrected chi connectivity index (χ2v) is 4.31. The number of hydrogen-bond acceptors (Lipinski definition) is 3. The molecule has 1 atom stereocenters. The maximum atomic E-state index is 11.8. The second-order valence-electron chi connectivity index (χ2n) is 4.31. The van der Waals surface area contributed by atoms with E-state index in [0.717, 1.165) is 5.69 Å². The zero-order valence-electron chi connectivity index (χ0n) is 11.2. The molecule has 0 aromatic carbocycles. The van der Waals surface area contributed by atoms with Crippen molar-refractivity contribution in [1.82, 2.24) is 15.2 Å². The number of carboxylic acids is 1.